The number of para-hydroxylation sites is 1. The summed E-state index contributed by atoms with van der Waals surface area (Å²) in [5.74, 6) is 1.55. The van der Waals surface area contributed by atoms with Gasteiger partial charge in [-0.15, -0.1) is 0 Å². The number of H-pyrrole nitrogens is 1. The molecule has 0 amide bonds. The summed E-state index contributed by atoms with van der Waals surface area (Å²) in [6.07, 6.45) is 3.76. The summed E-state index contributed by atoms with van der Waals surface area (Å²) < 4.78 is 0. The number of nitrogens with zero attached hydrogens (tertiary/aromatic N) is 3. The van der Waals surface area contributed by atoms with E-state index in [0.717, 1.165) is 33.5 Å². The van der Waals surface area contributed by atoms with Gasteiger partial charge in [-0.2, -0.15) is 0 Å². The highest BCUT2D eigenvalue weighted by atomic mass is 14.9. The molecule has 0 spiro atoms. The van der Waals surface area contributed by atoms with Gasteiger partial charge in [0.15, 0.2) is 5.82 Å². The molecule has 0 aliphatic carbocycles. The van der Waals surface area contributed by atoms with Gasteiger partial charge in [0.2, 0.25) is 0 Å². The molecule has 0 saturated carbocycles. The average molecular weight is 286 g/mol. The third-order valence-corrected chi connectivity index (χ3v) is 3.62. The van der Waals surface area contributed by atoms with Crippen molar-refractivity contribution in [2.75, 3.05) is 0 Å². The molecule has 0 aliphatic rings. The molecular weight excluding hydrogens is 272 g/mol. The maximum atomic E-state index is 4.69. The Labute approximate surface area is 127 Å². The number of imidazole rings is 1. The van der Waals surface area contributed by atoms with Crippen molar-refractivity contribution in [2.45, 2.75) is 6.92 Å². The van der Waals surface area contributed by atoms with Crippen LogP contribution in [0.25, 0.3) is 33.7 Å². The Balaban J connectivity index is 1.91. The topological polar surface area (TPSA) is 54.5 Å². The van der Waals surface area contributed by atoms with Crippen molar-refractivity contribution in [3.8, 4) is 22.8 Å². The second-order valence-corrected chi connectivity index (χ2v) is 5.19. The summed E-state index contributed by atoms with van der Waals surface area (Å²) in [4.78, 5) is 16.9. The number of hydrogen-bond acceptors (Lipinski definition) is 3. The molecule has 0 bridgehead atoms. The monoisotopic (exact) mass is 286 g/mol. The molecular formula is C18H14N4. The third-order valence-electron chi connectivity index (χ3n) is 3.62. The zero-order chi connectivity index (χ0) is 14.9. The van der Waals surface area contributed by atoms with E-state index in [-0.39, 0.29) is 0 Å². The van der Waals surface area contributed by atoms with Crippen LogP contribution in [0, 0.1) is 6.92 Å². The highest BCUT2D eigenvalue weighted by molar-refractivity contribution is 5.82. The summed E-state index contributed by atoms with van der Waals surface area (Å²) in [6, 6.07) is 16.0. The molecule has 0 unspecified atom stereocenters. The Hall–Kier alpha value is -3.01. The molecule has 106 valence electrons. The molecule has 0 saturated heterocycles. The average Bonchev–Trinajstić information content (AvgIpc) is 3.01. The lowest BCUT2D eigenvalue weighted by Crippen LogP contribution is -1.93. The molecule has 0 aliphatic heterocycles. The molecule has 0 atom stereocenters. The van der Waals surface area contributed by atoms with Gasteiger partial charge in [0.05, 0.1) is 11.2 Å². The van der Waals surface area contributed by atoms with E-state index < -0.39 is 0 Å². The first-order valence-electron chi connectivity index (χ1n) is 7.15. The van der Waals surface area contributed by atoms with E-state index in [1.54, 1.807) is 0 Å². The molecule has 4 nitrogen and oxygen atoms in total. The maximum absolute atomic E-state index is 4.69. The van der Waals surface area contributed by atoms with E-state index in [4.69, 9.17) is 0 Å². The van der Waals surface area contributed by atoms with Crippen LogP contribution in [0.4, 0.5) is 0 Å². The summed E-state index contributed by atoms with van der Waals surface area (Å²) in [5, 5.41) is 1.04. The molecule has 2 heterocycles. The van der Waals surface area contributed by atoms with E-state index in [9.17, 15) is 0 Å². The fourth-order valence-corrected chi connectivity index (χ4v) is 2.54. The Morgan fingerprint density at radius 1 is 0.864 bits per heavy atom. The van der Waals surface area contributed by atoms with Gasteiger partial charge in [0.1, 0.15) is 5.82 Å². The molecule has 4 heteroatoms. The number of aryl methyl sites for hydroxylation is 1. The summed E-state index contributed by atoms with van der Waals surface area (Å²) >= 11 is 0. The second kappa shape index (κ2) is 5.07. The van der Waals surface area contributed by atoms with Crippen LogP contribution >= 0.6 is 0 Å². The van der Waals surface area contributed by atoms with Crippen molar-refractivity contribution in [1.29, 1.82) is 0 Å². The first-order valence-corrected chi connectivity index (χ1v) is 7.15. The number of nitrogens with one attached hydrogen (secondary N) is 1. The van der Waals surface area contributed by atoms with Crippen molar-refractivity contribution >= 4 is 10.9 Å². The number of rotatable bonds is 2. The van der Waals surface area contributed by atoms with Gasteiger partial charge in [-0.3, -0.25) is 0 Å². The minimum absolute atomic E-state index is 0.711. The smallest absolute Gasteiger partial charge is 0.160 e. The maximum Gasteiger partial charge on any atom is 0.160 e. The van der Waals surface area contributed by atoms with E-state index in [0.29, 0.717) is 5.82 Å². The van der Waals surface area contributed by atoms with Crippen LogP contribution in [0.1, 0.15) is 5.69 Å². The van der Waals surface area contributed by atoms with E-state index in [1.165, 1.54) is 0 Å². The zero-order valence-electron chi connectivity index (χ0n) is 12.1. The lowest BCUT2D eigenvalue weighted by Gasteiger charge is -2.07. The van der Waals surface area contributed by atoms with Crippen molar-refractivity contribution in [1.82, 2.24) is 19.9 Å². The Bertz CT molecular complexity index is 956. The lowest BCUT2D eigenvalue weighted by atomic mass is 10.1. The van der Waals surface area contributed by atoms with Crippen molar-refractivity contribution < 1.29 is 0 Å². The molecule has 0 fully saturated rings. The van der Waals surface area contributed by atoms with Gasteiger partial charge in [-0.25, -0.2) is 15.0 Å². The third kappa shape index (κ3) is 2.15. The first kappa shape index (κ1) is 12.7. The van der Waals surface area contributed by atoms with Crippen molar-refractivity contribution in [3.05, 3.63) is 66.6 Å². The Kier molecular flexibility index (Phi) is 2.93. The molecule has 2 aromatic carbocycles. The van der Waals surface area contributed by atoms with Crippen molar-refractivity contribution in [2.24, 2.45) is 0 Å². The predicted octanol–water partition coefficient (Wildman–Crippen LogP) is 4.00. The number of benzene rings is 2. The zero-order valence-corrected chi connectivity index (χ0v) is 12.1. The molecule has 1 N–H and O–H groups in total. The van der Waals surface area contributed by atoms with Crippen LogP contribution in [-0.4, -0.2) is 19.9 Å². The number of aromatic amines is 1. The fraction of sp³-hybridized carbons (Fsp3) is 0.0556. The molecule has 22 heavy (non-hydrogen) atoms. The van der Waals surface area contributed by atoms with Crippen LogP contribution in [0.15, 0.2) is 60.9 Å². The standard InChI is InChI=1S/C18H14N4/c1-12-10-19-17(21-12)14-7-3-4-8-15(14)18-20-11-13-6-2-5-9-16(13)22-18/h2-11H,1H3,(H,19,21). The quantitative estimate of drug-likeness (QED) is 0.606. The summed E-state index contributed by atoms with van der Waals surface area (Å²) in [6.45, 7) is 1.97. The van der Waals surface area contributed by atoms with Gasteiger partial charge < -0.3 is 4.98 Å². The number of aromatic nitrogens is 4. The van der Waals surface area contributed by atoms with Crippen LogP contribution in [0.2, 0.25) is 0 Å². The minimum atomic E-state index is 0.711. The lowest BCUT2D eigenvalue weighted by molar-refractivity contribution is 1.21. The van der Waals surface area contributed by atoms with Gasteiger partial charge in [0.25, 0.3) is 0 Å². The van der Waals surface area contributed by atoms with Crippen LogP contribution < -0.4 is 0 Å². The normalized spacial score (nSPS) is 11.0. The van der Waals surface area contributed by atoms with E-state index in [1.807, 2.05) is 67.8 Å². The van der Waals surface area contributed by atoms with Gasteiger partial charge >= 0.3 is 0 Å². The van der Waals surface area contributed by atoms with Gasteiger partial charge in [-0.1, -0.05) is 42.5 Å². The number of hydrogen-bond donors (Lipinski definition) is 1. The van der Waals surface area contributed by atoms with Crippen molar-refractivity contribution in [3.63, 3.8) is 0 Å². The summed E-state index contributed by atoms with van der Waals surface area (Å²) in [7, 11) is 0. The molecule has 2 aromatic heterocycles. The molecule has 0 radical (unpaired) electrons. The van der Waals surface area contributed by atoms with Crippen LogP contribution in [0.3, 0.4) is 0 Å². The predicted molar refractivity (Wildman–Crippen MR) is 87.3 cm³/mol. The second-order valence-electron chi connectivity index (χ2n) is 5.19. The molecule has 4 rings (SSSR count). The van der Waals surface area contributed by atoms with Crippen LogP contribution in [-0.2, 0) is 0 Å². The highest BCUT2D eigenvalue weighted by Crippen LogP contribution is 2.28. The summed E-state index contributed by atoms with van der Waals surface area (Å²) in [5.41, 5.74) is 3.88. The number of fused-ring (bicyclic) bond motifs is 1. The minimum Gasteiger partial charge on any atom is -0.344 e. The van der Waals surface area contributed by atoms with Gasteiger partial charge in [-0.05, 0) is 13.0 Å². The Morgan fingerprint density at radius 2 is 1.64 bits per heavy atom. The Morgan fingerprint density at radius 3 is 2.45 bits per heavy atom. The highest BCUT2D eigenvalue weighted by Gasteiger charge is 2.12. The van der Waals surface area contributed by atoms with E-state index >= 15 is 0 Å². The largest absolute Gasteiger partial charge is 0.344 e. The van der Waals surface area contributed by atoms with E-state index in [2.05, 4.69) is 19.9 Å². The first-order chi connectivity index (χ1) is 10.8. The van der Waals surface area contributed by atoms with Gasteiger partial charge in [0, 0.05) is 28.9 Å². The molecule has 4 aromatic rings. The van der Waals surface area contributed by atoms with Crippen LogP contribution in [0.5, 0.6) is 0 Å². The SMILES string of the molecule is Cc1c[nH]c(-c2ccccc2-c2ncc3ccccc3n2)n1. The fourth-order valence-electron chi connectivity index (χ4n) is 2.54.